The van der Waals surface area contributed by atoms with Crippen LogP contribution in [-0.4, -0.2) is 24.7 Å². The molecule has 0 aliphatic carbocycles. The Balaban J connectivity index is 1.87. The standard InChI is InChI=1S/C11H16N6S/c1-8-10(7-13-17(8)3)14-11(18)12-6-9-4-5-16(2)15-9/h4-5,7H,6H2,1-3H3,(H2,12,14,18). The van der Waals surface area contributed by atoms with Crippen LogP contribution in [0.5, 0.6) is 0 Å². The van der Waals surface area contributed by atoms with Crippen molar-refractivity contribution in [2.24, 2.45) is 14.1 Å². The summed E-state index contributed by atoms with van der Waals surface area (Å²) in [6.07, 6.45) is 3.66. The Hall–Kier alpha value is -1.89. The molecule has 0 bridgehead atoms. The monoisotopic (exact) mass is 264 g/mol. The Morgan fingerprint density at radius 2 is 2.22 bits per heavy atom. The highest BCUT2D eigenvalue weighted by Crippen LogP contribution is 2.11. The Morgan fingerprint density at radius 3 is 2.78 bits per heavy atom. The Kier molecular flexibility index (Phi) is 3.61. The maximum Gasteiger partial charge on any atom is 0.171 e. The second kappa shape index (κ2) is 5.18. The number of aryl methyl sites for hydroxylation is 2. The molecule has 96 valence electrons. The molecule has 18 heavy (non-hydrogen) atoms. The zero-order valence-electron chi connectivity index (χ0n) is 10.6. The van der Waals surface area contributed by atoms with Gasteiger partial charge in [0.25, 0.3) is 0 Å². The summed E-state index contributed by atoms with van der Waals surface area (Å²) in [6, 6.07) is 1.95. The Bertz CT molecular complexity index is 556. The molecule has 0 amide bonds. The summed E-state index contributed by atoms with van der Waals surface area (Å²) < 4.78 is 3.56. The average molecular weight is 264 g/mol. The normalized spacial score (nSPS) is 10.4. The lowest BCUT2D eigenvalue weighted by Crippen LogP contribution is -2.28. The molecule has 0 saturated carbocycles. The summed E-state index contributed by atoms with van der Waals surface area (Å²) in [6.45, 7) is 2.59. The SMILES string of the molecule is Cc1c(NC(=S)NCc2ccn(C)n2)cnn1C. The van der Waals surface area contributed by atoms with Gasteiger partial charge in [0.15, 0.2) is 5.11 Å². The highest BCUT2D eigenvalue weighted by atomic mass is 32.1. The van der Waals surface area contributed by atoms with Gasteiger partial charge < -0.3 is 10.6 Å². The predicted molar refractivity (Wildman–Crippen MR) is 74.2 cm³/mol. The van der Waals surface area contributed by atoms with Crippen LogP contribution in [0, 0.1) is 6.92 Å². The summed E-state index contributed by atoms with van der Waals surface area (Å²) in [7, 11) is 3.78. The van der Waals surface area contributed by atoms with Gasteiger partial charge in [0.05, 0.1) is 29.8 Å². The van der Waals surface area contributed by atoms with E-state index >= 15 is 0 Å². The minimum atomic E-state index is 0.566. The summed E-state index contributed by atoms with van der Waals surface area (Å²) in [5.74, 6) is 0. The van der Waals surface area contributed by atoms with Crippen LogP contribution in [-0.2, 0) is 20.6 Å². The van der Waals surface area contributed by atoms with Crippen LogP contribution in [0.3, 0.4) is 0 Å². The van der Waals surface area contributed by atoms with Gasteiger partial charge in [0.2, 0.25) is 0 Å². The van der Waals surface area contributed by atoms with Gasteiger partial charge in [-0.2, -0.15) is 10.2 Å². The molecule has 2 aromatic heterocycles. The number of nitrogens with zero attached hydrogens (tertiary/aromatic N) is 4. The third-order valence-corrected chi connectivity index (χ3v) is 2.93. The fraction of sp³-hybridized carbons (Fsp3) is 0.364. The second-order valence-electron chi connectivity index (χ2n) is 4.06. The predicted octanol–water partition coefficient (Wildman–Crippen LogP) is 0.949. The highest BCUT2D eigenvalue weighted by molar-refractivity contribution is 7.80. The molecule has 0 aromatic carbocycles. The molecule has 6 nitrogen and oxygen atoms in total. The summed E-state index contributed by atoms with van der Waals surface area (Å²) in [5, 5.41) is 15.2. The van der Waals surface area contributed by atoms with Gasteiger partial charge in [-0.3, -0.25) is 9.36 Å². The maximum atomic E-state index is 5.22. The molecule has 0 atom stereocenters. The van der Waals surface area contributed by atoms with E-state index in [4.69, 9.17) is 12.2 Å². The molecule has 7 heteroatoms. The summed E-state index contributed by atoms with van der Waals surface area (Å²) in [5.41, 5.74) is 2.90. The van der Waals surface area contributed by atoms with Gasteiger partial charge in [-0.1, -0.05) is 0 Å². The van der Waals surface area contributed by atoms with E-state index in [9.17, 15) is 0 Å². The van der Waals surface area contributed by atoms with Crippen LogP contribution in [0.1, 0.15) is 11.4 Å². The van der Waals surface area contributed by atoms with Gasteiger partial charge in [0.1, 0.15) is 0 Å². The first-order valence-electron chi connectivity index (χ1n) is 5.58. The lowest BCUT2D eigenvalue weighted by Gasteiger charge is -2.08. The Morgan fingerprint density at radius 1 is 1.44 bits per heavy atom. The van der Waals surface area contributed by atoms with E-state index in [0.29, 0.717) is 11.7 Å². The first kappa shape index (κ1) is 12.6. The molecule has 0 radical (unpaired) electrons. The summed E-state index contributed by atoms with van der Waals surface area (Å²) in [4.78, 5) is 0. The van der Waals surface area contributed by atoms with Crippen molar-refractivity contribution in [3.05, 3.63) is 29.8 Å². The molecular weight excluding hydrogens is 248 g/mol. The molecule has 2 rings (SSSR count). The smallest absolute Gasteiger partial charge is 0.171 e. The number of thiocarbonyl (C=S) groups is 1. The van der Waals surface area contributed by atoms with E-state index in [-0.39, 0.29) is 0 Å². The van der Waals surface area contributed by atoms with E-state index < -0.39 is 0 Å². The topological polar surface area (TPSA) is 59.7 Å². The van der Waals surface area contributed by atoms with Crippen molar-refractivity contribution in [2.45, 2.75) is 13.5 Å². The molecule has 0 unspecified atom stereocenters. The quantitative estimate of drug-likeness (QED) is 0.808. The highest BCUT2D eigenvalue weighted by Gasteiger charge is 2.05. The van der Waals surface area contributed by atoms with E-state index in [0.717, 1.165) is 17.1 Å². The third-order valence-electron chi connectivity index (χ3n) is 2.68. The molecule has 0 aliphatic rings. The van der Waals surface area contributed by atoms with Crippen molar-refractivity contribution < 1.29 is 0 Å². The van der Waals surface area contributed by atoms with Crippen LogP contribution >= 0.6 is 12.2 Å². The van der Waals surface area contributed by atoms with Gasteiger partial charge in [0, 0.05) is 20.3 Å². The lowest BCUT2D eigenvalue weighted by molar-refractivity contribution is 0.731. The van der Waals surface area contributed by atoms with Crippen LogP contribution in [0.2, 0.25) is 0 Å². The van der Waals surface area contributed by atoms with Crippen molar-refractivity contribution in [3.63, 3.8) is 0 Å². The molecule has 0 aliphatic heterocycles. The molecule has 0 saturated heterocycles. The summed E-state index contributed by atoms with van der Waals surface area (Å²) >= 11 is 5.22. The van der Waals surface area contributed by atoms with Gasteiger partial charge in [-0.15, -0.1) is 0 Å². The largest absolute Gasteiger partial charge is 0.357 e. The molecule has 0 spiro atoms. The van der Waals surface area contributed by atoms with E-state index in [1.54, 1.807) is 15.6 Å². The second-order valence-corrected chi connectivity index (χ2v) is 4.46. The van der Waals surface area contributed by atoms with Crippen LogP contribution < -0.4 is 10.6 Å². The fourth-order valence-corrected chi connectivity index (χ4v) is 1.70. The van der Waals surface area contributed by atoms with Gasteiger partial charge in [-0.25, -0.2) is 0 Å². The first-order valence-corrected chi connectivity index (χ1v) is 5.99. The molecule has 2 N–H and O–H groups in total. The molecular formula is C11H16N6S. The van der Waals surface area contributed by atoms with Crippen LogP contribution in [0.15, 0.2) is 18.5 Å². The lowest BCUT2D eigenvalue weighted by atomic mass is 10.4. The number of aromatic nitrogens is 4. The van der Waals surface area contributed by atoms with Crippen LogP contribution in [0.25, 0.3) is 0 Å². The van der Waals surface area contributed by atoms with Gasteiger partial charge >= 0.3 is 0 Å². The molecule has 0 fully saturated rings. The number of nitrogens with one attached hydrogen (secondary N) is 2. The number of anilines is 1. The minimum absolute atomic E-state index is 0.566. The zero-order valence-corrected chi connectivity index (χ0v) is 11.5. The van der Waals surface area contributed by atoms with Crippen molar-refractivity contribution in [3.8, 4) is 0 Å². The van der Waals surface area contributed by atoms with Crippen molar-refractivity contribution >= 4 is 23.0 Å². The number of rotatable bonds is 3. The van der Waals surface area contributed by atoms with Crippen molar-refractivity contribution in [2.75, 3.05) is 5.32 Å². The van der Waals surface area contributed by atoms with Crippen LogP contribution in [0.4, 0.5) is 5.69 Å². The number of hydrogen-bond acceptors (Lipinski definition) is 3. The van der Waals surface area contributed by atoms with E-state index in [1.807, 2.05) is 33.3 Å². The first-order chi connectivity index (χ1) is 8.56. The maximum absolute atomic E-state index is 5.22. The van der Waals surface area contributed by atoms with E-state index in [1.165, 1.54) is 0 Å². The molecule has 2 aromatic rings. The van der Waals surface area contributed by atoms with Crippen molar-refractivity contribution in [1.82, 2.24) is 24.9 Å². The minimum Gasteiger partial charge on any atom is -0.357 e. The zero-order chi connectivity index (χ0) is 13.1. The average Bonchev–Trinajstić information content (AvgIpc) is 2.88. The van der Waals surface area contributed by atoms with E-state index in [2.05, 4.69) is 20.8 Å². The number of hydrogen-bond donors (Lipinski definition) is 2. The van der Waals surface area contributed by atoms with Gasteiger partial charge in [-0.05, 0) is 25.2 Å². The van der Waals surface area contributed by atoms with Crippen molar-refractivity contribution in [1.29, 1.82) is 0 Å². The fourth-order valence-electron chi connectivity index (χ4n) is 1.52. The molecule has 2 heterocycles. The third kappa shape index (κ3) is 2.86. The Labute approximate surface area is 111 Å².